The zero-order chi connectivity index (χ0) is 20.4. The lowest BCUT2D eigenvalue weighted by Gasteiger charge is -2.59. The number of rotatable bonds is 2. The minimum atomic E-state index is -0.838. The predicted molar refractivity (Wildman–Crippen MR) is 106 cm³/mol. The summed E-state index contributed by atoms with van der Waals surface area (Å²) in [7, 11) is 0. The molecule has 1 aromatic carbocycles. The van der Waals surface area contributed by atoms with E-state index in [9.17, 15) is 4.79 Å². The molecule has 5 fully saturated rings. The van der Waals surface area contributed by atoms with Gasteiger partial charge in [0.05, 0.1) is 5.56 Å². The summed E-state index contributed by atoms with van der Waals surface area (Å²) in [5, 5.41) is 0. The van der Waals surface area contributed by atoms with E-state index in [1.54, 1.807) is 6.07 Å². The van der Waals surface area contributed by atoms with Crippen LogP contribution in [0, 0.1) is 23.7 Å². The number of esters is 1. The van der Waals surface area contributed by atoms with Crippen molar-refractivity contribution >= 4 is 21.9 Å². The minimum Gasteiger partial charge on any atom is -0.432 e. The van der Waals surface area contributed by atoms with Gasteiger partial charge in [-0.2, -0.15) is 0 Å². The second-order valence-corrected chi connectivity index (χ2v) is 10.0. The van der Waals surface area contributed by atoms with Gasteiger partial charge in [0, 0.05) is 22.7 Å². The van der Waals surface area contributed by atoms with Crippen molar-refractivity contribution in [2.24, 2.45) is 23.7 Å². The average molecular weight is 467 g/mol. The van der Waals surface area contributed by atoms with E-state index in [0.717, 1.165) is 25.7 Å². The Morgan fingerprint density at radius 2 is 1.93 bits per heavy atom. The number of carbonyl (C=O) groups is 1. The molecule has 29 heavy (non-hydrogen) atoms. The summed E-state index contributed by atoms with van der Waals surface area (Å²) in [5.74, 6) is -0.373. The van der Waals surface area contributed by atoms with Crippen LogP contribution in [0.2, 0.25) is 0 Å². The van der Waals surface area contributed by atoms with Crippen molar-refractivity contribution < 1.29 is 28.8 Å². The first-order valence-corrected chi connectivity index (χ1v) is 11.3. The highest BCUT2D eigenvalue weighted by Gasteiger charge is 2.69. The van der Waals surface area contributed by atoms with Crippen LogP contribution in [0.5, 0.6) is 0 Å². The number of hydrogen-bond acceptors (Lipinski definition) is 6. The van der Waals surface area contributed by atoms with Gasteiger partial charge in [0.25, 0.3) is 0 Å². The van der Waals surface area contributed by atoms with Crippen LogP contribution in [-0.2, 0) is 24.0 Å². The lowest BCUT2D eigenvalue weighted by molar-refractivity contribution is -0.576. The lowest BCUT2D eigenvalue weighted by Crippen LogP contribution is -2.70. The van der Waals surface area contributed by atoms with Gasteiger partial charge in [0.15, 0.2) is 11.9 Å². The van der Waals surface area contributed by atoms with Crippen molar-refractivity contribution in [3.8, 4) is 0 Å². The molecule has 6 nitrogen and oxygen atoms in total. The van der Waals surface area contributed by atoms with Crippen LogP contribution in [0.4, 0.5) is 0 Å². The topological polar surface area (TPSA) is 63.2 Å². The molecular weight excluding hydrogens is 440 g/mol. The van der Waals surface area contributed by atoms with E-state index in [1.807, 2.05) is 25.1 Å². The maximum absolute atomic E-state index is 12.8. The molecule has 4 aliphatic heterocycles. The third-order valence-electron chi connectivity index (χ3n) is 7.41. The minimum absolute atomic E-state index is 0.0395. The van der Waals surface area contributed by atoms with Gasteiger partial charge in [-0.05, 0) is 66.1 Å². The van der Waals surface area contributed by atoms with Crippen LogP contribution in [0.3, 0.4) is 0 Å². The van der Waals surface area contributed by atoms with E-state index in [1.165, 1.54) is 0 Å². The number of benzene rings is 1. The highest BCUT2D eigenvalue weighted by molar-refractivity contribution is 9.10. The fourth-order valence-corrected chi connectivity index (χ4v) is 6.25. The quantitative estimate of drug-likeness (QED) is 0.460. The fraction of sp³-hybridized carbons (Fsp3) is 0.682. The molecule has 0 unspecified atom stereocenters. The molecule has 0 aromatic heterocycles. The molecule has 0 amide bonds. The van der Waals surface area contributed by atoms with E-state index in [-0.39, 0.29) is 17.8 Å². The number of fused-ring (bicyclic) bond motifs is 2. The van der Waals surface area contributed by atoms with Crippen LogP contribution in [0.1, 0.15) is 56.8 Å². The van der Waals surface area contributed by atoms with Gasteiger partial charge in [0.2, 0.25) is 12.1 Å². The van der Waals surface area contributed by atoms with E-state index in [4.69, 9.17) is 24.0 Å². The smallest absolute Gasteiger partial charge is 0.341 e. The first-order valence-electron chi connectivity index (χ1n) is 10.5. The summed E-state index contributed by atoms with van der Waals surface area (Å²) in [6.45, 7) is 6.24. The molecule has 4 saturated heterocycles. The Bertz CT molecular complexity index is 816. The van der Waals surface area contributed by atoms with Crippen molar-refractivity contribution in [1.29, 1.82) is 0 Å². The number of halogens is 1. The highest BCUT2D eigenvalue weighted by atomic mass is 79.9. The third kappa shape index (κ3) is 3.00. The van der Waals surface area contributed by atoms with Crippen LogP contribution < -0.4 is 0 Å². The van der Waals surface area contributed by atoms with Crippen LogP contribution in [0.25, 0.3) is 0 Å². The maximum atomic E-state index is 12.8. The van der Waals surface area contributed by atoms with E-state index in [0.29, 0.717) is 16.0 Å². The standard InChI is InChI=1S/C22H27BrO6/c1-12-8-9-16-13(2)19(25-18(24)14-6-4-5-7-17(14)23)26-20-22(16)15(12)10-11-21(3,27-20)28-29-22/h4-7,12-13,15-16,19-20H,8-11H2,1-3H3/t12-,13-,15+,16-,19-,20-,21-,22-/m1/s1. The van der Waals surface area contributed by atoms with Crippen LogP contribution in [0.15, 0.2) is 28.7 Å². The second-order valence-electron chi connectivity index (χ2n) is 9.16. The van der Waals surface area contributed by atoms with Crippen molar-refractivity contribution in [3.63, 3.8) is 0 Å². The van der Waals surface area contributed by atoms with Gasteiger partial charge in [-0.15, -0.1) is 0 Å². The van der Waals surface area contributed by atoms with Crippen molar-refractivity contribution in [2.45, 2.75) is 70.4 Å². The lowest BCUT2D eigenvalue weighted by atomic mass is 9.58. The average Bonchev–Trinajstić information content (AvgIpc) is 2.92. The van der Waals surface area contributed by atoms with Gasteiger partial charge in [0.1, 0.15) is 0 Å². The van der Waals surface area contributed by atoms with Gasteiger partial charge in [-0.3, -0.25) is 0 Å². The molecule has 8 atom stereocenters. The highest BCUT2D eigenvalue weighted by Crippen LogP contribution is 2.60. The van der Waals surface area contributed by atoms with Gasteiger partial charge in [-0.25, -0.2) is 14.6 Å². The summed E-state index contributed by atoms with van der Waals surface area (Å²) in [4.78, 5) is 24.8. The molecule has 5 aliphatic rings. The molecule has 2 bridgehead atoms. The zero-order valence-corrected chi connectivity index (χ0v) is 18.5. The van der Waals surface area contributed by atoms with Crippen molar-refractivity contribution in [1.82, 2.24) is 0 Å². The van der Waals surface area contributed by atoms with Gasteiger partial charge >= 0.3 is 5.97 Å². The molecule has 4 heterocycles. The SMILES string of the molecule is C[C@H]1[C@H](OC(=O)c2ccccc2Br)O[C@@H]2O[C@@]3(C)CC[C@H]4[C@H](C)CC[C@H]1[C@@]24OO3. The summed E-state index contributed by atoms with van der Waals surface area (Å²) in [5.41, 5.74) is -0.169. The van der Waals surface area contributed by atoms with Gasteiger partial charge in [-0.1, -0.05) is 26.0 Å². The molecule has 1 spiro atoms. The summed E-state index contributed by atoms with van der Waals surface area (Å²) in [6, 6.07) is 7.24. The van der Waals surface area contributed by atoms with Crippen LogP contribution >= 0.6 is 15.9 Å². The number of carbonyl (C=O) groups excluding carboxylic acids is 1. The Hall–Kier alpha value is -0.990. The van der Waals surface area contributed by atoms with Crippen molar-refractivity contribution in [2.75, 3.05) is 0 Å². The largest absolute Gasteiger partial charge is 0.432 e. The van der Waals surface area contributed by atoms with E-state index in [2.05, 4.69) is 29.8 Å². The Balaban J connectivity index is 1.46. The van der Waals surface area contributed by atoms with Gasteiger partial charge < -0.3 is 14.2 Å². The molecule has 1 aromatic rings. The molecule has 1 saturated carbocycles. The Labute approximate surface area is 179 Å². The van der Waals surface area contributed by atoms with Crippen molar-refractivity contribution in [3.05, 3.63) is 34.3 Å². The van der Waals surface area contributed by atoms with E-state index < -0.39 is 29.9 Å². The molecule has 0 N–H and O–H groups in total. The third-order valence-corrected chi connectivity index (χ3v) is 8.11. The van der Waals surface area contributed by atoms with Crippen LogP contribution in [-0.4, -0.2) is 29.9 Å². The predicted octanol–water partition coefficient (Wildman–Crippen LogP) is 4.81. The Kier molecular flexibility index (Phi) is 4.83. The number of ether oxygens (including phenoxy) is 3. The monoisotopic (exact) mass is 466 g/mol. The molecular formula is C22H27BrO6. The molecule has 0 radical (unpaired) electrons. The first-order chi connectivity index (χ1) is 13.8. The Morgan fingerprint density at radius 3 is 2.72 bits per heavy atom. The maximum Gasteiger partial charge on any atom is 0.341 e. The zero-order valence-electron chi connectivity index (χ0n) is 16.9. The van der Waals surface area contributed by atoms with E-state index >= 15 is 0 Å². The summed E-state index contributed by atoms with van der Waals surface area (Å²) >= 11 is 3.42. The molecule has 158 valence electrons. The summed E-state index contributed by atoms with van der Waals surface area (Å²) in [6.07, 6.45) is 2.49. The molecule has 1 aliphatic carbocycles. The second kappa shape index (κ2) is 7.02. The first kappa shape index (κ1) is 19.9. The number of hydrogen-bond donors (Lipinski definition) is 0. The molecule has 6 rings (SSSR count). The Morgan fingerprint density at radius 1 is 1.14 bits per heavy atom. The molecule has 7 heteroatoms. The summed E-state index contributed by atoms with van der Waals surface area (Å²) < 4.78 is 19.1. The normalized spacial score (nSPS) is 45.9. The fourth-order valence-electron chi connectivity index (χ4n) is 5.80.